The van der Waals surface area contributed by atoms with E-state index in [2.05, 4.69) is 0 Å². The molecule has 0 aromatic heterocycles. The summed E-state index contributed by atoms with van der Waals surface area (Å²) in [6.07, 6.45) is -3.98. The molecular weight excluding hydrogens is 1260 g/mol. The lowest BCUT2D eigenvalue weighted by atomic mass is 9.63. The highest BCUT2D eigenvalue weighted by molar-refractivity contribution is 6.12. The number of methoxy groups -OCH3 is 3. The van der Waals surface area contributed by atoms with Crippen molar-refractivity contribution in [1.82, 2.24) is 9.80 Å². The van der Waals surface area contributed by atoms with Gasteiger partial charge in [-0.3, -0.25) is 9.59 Å². The summed E-state index contributed by atoms with van der Waals surface area (Å²) in [5, 5.41) is 382. The van der Waals surface area contributed by atoms with Crippen molar-refractivity contribution in [1.29, 1.82) is 0 Å². The first-order chi connectivity index (χ1) is 41.1. The summed E-state index contributed by atoms with van der Waals surface area (Å²) < 4.78 is 24.7. The largest absolute Gasteiger partial charge is 0.504 e. The second kappa shape index (κ2) is 20.0. The summed E-state index contributed by atoms with van der Waals surface area (Å²) >= 11 is 0. The molecule has 2 saturated heterocycles. The lowest BCUT2D eigenvalue weighted by Gasteiger charge is -2.67. The van der Waals surface area contributed by atoms with Crippen LogP contribution in [0.25, 0.3) is 0 Å². The quantitative estimate of drug-likeness (QED) is 0.0298. The Labute approximate surface area is 500 Å². The molecule has 43 nitrogen and oxygen atoms in total. The summed E-state index contributed by atoms with van der Waals surface area (Å²) in [5.74, 6) is -86.0. The van der Waals surface area contributed by atoms with Gasteiger partial charge in [0, 0.05) is 36.1 Å². The van der Waals surface area contributed by atoms with Crippen LogP contribution in [0.3, 0.4) is 0 Å². The van der Waals surface area contributed by atoms with Crippen molar-refractivity contribution in [3.8, 4) is 74.7 Å². The van der Waals surface area contributed by atoms with Crippen molar-refractivity contribution in [3.05, 3.63) is 63.7 Å². The number of hydrogen-bond acceptors (Lipinski definition) is 43. The van der Waals surface area contributed by atoms with E-state index in [1.807, 2.05) is 0 Å². The normalized spacial score (nSPS) is 24.9. The van der Waals surface area contributed by atoms with Crippen LogP contribution >= 0.6 is 0 Å². The second-order valence-electron chi connectivity index (χ2n) is 21.3. The molecule has 2 fully saturated rings. The highest BCUT2D eigenvalue weighted by atomic mass is 16.7. The monoisotopic (exact) mass is 1320 g/mol. The van der Waals surface area contributed by atoms with Crippen molar-refractivity contribution in [2.45, 2.75) is 106 Å². The smallest absolute Gasteiger partial charge is 0.294 e. The fourth-order valence-corrected chi connectivity index (χ4v) is 11.6. The average Bonchev–Trinajstić information content (AvgIpc) is 1.35. The third-order valence-corrected chi connectivity index (χ3v) is 16.7. The van der Waals surface area contributed by atoms with Gasteiger partial charge in [0.25, 0.3) is 52.7 Å². The Morgan fingerprint density at radius 3 is 1.10 bits per heavy atom. The minimum Gasteiger partial charge on any atom is -0.504 e. The summed E-state index contributed by atoms with van der Waals surface area (Å²) in [4.78, 5) is 25.1. The number of hydrogen-bond donors (Lipinski definition) is 34. The number of nitrogens with zero attached hydrogens (tertiary/aromatic N) is 2. The Morgan fingerprint density at radius 2 is 0.736 bits per heavy atom. The number of ketones is 2. The zero-order valence-electron chi connectivity index (χ0n) is 45.7. The number of phenolic OH excluding ortho intramolecular Hbond substituents is 8. The van der Waals surface area contributed by atoms with E-state index in [4.69, 9.17) is 23.7 Å². The maximum atomic E-state index is 14.2. The Morgan fingerprint density at radius 1 is 0.418 bits per heavy atom. The molecule has 34 N–H and O–H groups in total. The molecular formula is C48H56N2O41. The lowest BCUT2D eigenvalue weighted by molar-refractivity contribution is -0.648. The predicted molar refractivity (Wildman–Crippen MR) is 266 cm³/mol. The van der Waals surface area contributed by atoms with Gasteiger partial charge in [-0.15, -0.1) is 4.90 Å². The summed E-state index contributed by atoms with van der Waals surface area (Å²) in [6.45, 7) is -4.18. The van der Waals surface area contributed by atoms with Gasteiger partial charge in [-0.05, 0) is 0 Å². The molecule has 0 radical (unpaired) electrons. The van der Waals surface area contributed by atoms with Crippen molar-refractivity contribution < 1.29 is 207 Å². The molecule has 0 bridgehead atoms. The number of carbonyl (C=O) groups excluding carboxylic acids is 2. The fourth-order valence-electron chi connectivity index (χ4n) is 11.6. The van der Waals surface area contributed by atoms with Gasteiger partial charge in [-0.25, -0.2) is 0 Å². The topological polar surface area (TPSA) is 775 Å². The van der Waals surface area contributed by atoms with Crippen LogP contribution in [-0.2, 0) is 25.3 Å². The van der Waals surface area contributed by atoms with E-state index in [1.165, 1.54) is 0 Å². The van der Waals surface area contributed by atoms with E-state index < -0.39 is 242 Å². The van der Waals surface area contributed by atoms with E-state index >= 15 is 0 Å². The Bertz CT molecular complexity index is 3600. The molecule has 0 amide bonds. The number of carbonyl (C=O) groups is 2. The third-order valence-electron chi connectivity index (χ3n) is 16.7. The van der Waals surface area contributed by atoms with Crippen LogP contribution < -0.4 is 23.7 Å². The molecule has 43 heteroatoms. The van der Waals surface area contributed by atoms with Crippen molar-refractivity contribution in [2.75, 3.05) is 28.1 Å². The molecule has 0 saturated carbocycles. The highest BCUT2D eigenvalue weighted by Crippen LogP contribution is 2.64. The van der Waals surface area contributed by atoms with Crippen LogP contribution in [0.15, 0.2) is 30.3 Å². The molecule has 2 atom stereocenters. The molecule has 2 heterocycles. The molecule has 2 aliphatic carbocycles. The maximum Gasteiger partial charge on any atom is 0.294 e. The first-order valence-corrected chi connectivity index (χ1v) is 24.7. The van der Waals surface area contributed by atoms with Crippen LogP contribution in [-0.4, -0.2) is 304 Å². The van der Waals surface area contributed by atoms with Gasteiger partial charge in [-0.2, -0.15) is 4.90 Å². The minimum atomic E-state index is -5.94. The molecule has 4 aliphatic rings. The van der Waals surface area contributed by atoms with Gasteiger partial charge in [0.05, 0.1) is 38.0 Å². The van der Waals surface area contributed by atoms with Crippen LogP contribution in [0.2, 0.25) is 0 Å². The van der Waals surface area contributed by atoms with Crippen molar-refractivity contribution in [2.24, 2.45) is 0 Å². The van der Waals surface area contributed by atoms with Crippen LogP contribution in [0.4, 0.5) is 0 Å². The standard InChI is InChI=1S/C48H56N2O41/c1-87-28-21(53)14-9-34(61,32(59)17(14)23(55)30(28)89-3)39(67,68)37(65)41(71,72)45(79,80)49(46(81,82)42(37,73)74)11-16-19(51)25(57)27(26(58)20(16)52)90-12-91-31-24(56)18-15(22(54)29(31)88-2)10-35(62,33(18)60)40(69,70)38(66)43(75,76)47(83,84)50(48(85,86)44(38,77)78)36(63,64)13-7-5-4-6-8-13/h4-8,51-58,61-86H,9-12H2,1-3H3. The Kier molecular flexibility index (Phi) is 15.3. The molecule has 8 rings (SSSR count). The van der Waals surface area contributed by atoms with Gasteiger partial charge < -0.3 is 197 Å². The number of aromatic hydroxyl groups is 8. The van der Waals surface area contributed by atoms with Gasteiger partial charge in [0.1, 0.15) is 0 Å². The molecule has 504 valence electrons. The number of rotatable bonds is 15. The van der Waals surface area contributed by atoms with E-state index in [1.54, 1.807) is 0 Å². The van der Waals surface area contributed by atoms with Crippen LogP contribution in [0, 0.1) is 0 Å². The zero-order valence-corrected chi connectivity index (χ0v) is 45.7. The number of piperidine rings is 2. The first kappa shape index (κ1) is 69.4. The molecule has 2 unspecified atom stereocenters. The maximum absolute atomic E-state index is 14.2. The Balaban J connectivity index is 1.10. The minimum absolute atomic E-state index is 0.610. The molecule has 91 heavy (non-hydrogen) atoms. The third kappa shape index (κ3) is 7.76. The molecule has 4 aromatic rings. The Hall–Kier alpha value is -7.50. The highest BCUT2D eigenvalue weighted by Gasteiger charge is 2.95. The number of aliphatic hydroxyl groups is 26. The van der Waals surface area contributed by atoms with Gasteiger partial charge in [0.2, 0.25) is 81.4 Å². The van der Waals surface area contributed by atoms with Crippen molar-refractivity contribution in [3.63, 3.8) is 0 Å². The van der Waals surface area contributed by atoms with E-state index in [0.717, 1.165) is 32.4 Å². The van der Waals surface area contributed by atoms with Gasteiger partial charge in [0.15, 0.2) is 45.7 Å². The summed E-state index contributed by atoms with van der Waals surface area (Å²) in [7, 11) is 2.26. The number of ether oxygens (including phenoxy) is 5. The number of benzene rings is 4. The van der Waals surface area contributed by atoms with E-state index in [9.17, 15) is 183 Å². The average molecular weight is 1320 g/mol. The predicted octanol–water partition coefficient (Wildman–Crippen LogP) is -14.6. The zero-order chi connectivity index (χ0) is 69.7. The summed E-state index contributed by atoms with van der Waals surface area (Å²) in [6, 6.07) is 4.32. The second-order valence-corrected chi connectivity index (χ2v) is 21.3. The van der Waals surface area contributed by atoms with E-state index in [-0.39, 0.29) is 0 Å². The van der Waals surface area contributed by atoms with Gasteiger partial charge >= 0.3 is 0 Å². The number of phenols is 8. The number of fused-ring (bicyclic) bond motifs is 2. The first-order valence-electron chi connectivity index (χ1n) is 24.7. The SMILES string of the molecule is COc1c(O)c2c(c(O)c1OC)C(=O)C(O)(C(O)(O)C1(O)C(O)(O)C(O)(O)N(Cc3c(O)c(O)c(OCOc4c(O)c5c(c(O)c4OC)CC(O)(C(O)(O)C4(O)C(O)(O)C(O)(O)N(C(O)(O)c6ccccc6)C(O)(O)C4(O)O)C5=O)c(O)c3O)C(O)(O)C1(O)O)C2. The lowest BCUT2D eigenvalue weighted by Crippen LogP contribution is -3.00. The number of likely N-dealkylation sites (tertiary alicyclic amines) is 2. The van der Waals surface area contributed by atoms with Crippen molar-refractivity contribution >= 4 is 11.6 Å². The van der Waals surface area contributed by atoms with Gasteiger partial charge in [-0.1, -0.05) is 30.3 Å². The molecule has 0 spiro atoms. The molecule has 2 aliphatic heterocycles. The van der Waals surface area contributed by atoms with Crippen LogP contribution in [0.1, 0.15) is 43.0 Å². The van der Waals surface area contributed by atoms with Crippen LogP contribution in [0.5, 0.6) is 74.7 Å². The summed E-state index contributed by atoms with van der Waals surface area (Å²) in [5.41, 5.74) is -29.5. The molecule has 4 aromatic carbocycles. The fraction of sp³-hybridized carbons (Fsp3) is 0.458. The van der Waals surface area contributed by atoms with E-state index in [0.29, 0.717) is 19.2 Å². The number of Topliss-reactive ketones (excluding diaryl/α,β-unsaturated/α-hetero) is 2.